The Morgan fingerprint density at radius 3 is 2.52 bits per heavy atom. The first-order valence-corrected chi connectivity index (χ1v) is 10.7. The number of amides is 1. The monoisotopic (exact) mass is 386 g/mol. The molecule has 0 unspecified atom stereocenters. The van der Waals surface area contributed by atoms with Gasteiger partial charge in [-0.05, 0) is 66.2 Å². The van der Waals surface area contributed by atoms with Crippen LogP contribution in [0, 0.1) is 6.92 Å². The third kappa shape index (κ3) is 6.60. The topological polar surface area (TPSA) is 64.4 Å². The van der Waals surface area contributed by atoms with Gasteiger partial charge < -0.3 is 15.8 Å². The predicted octanol–water partition coefficient (Wildman–Crippen LogP) is 4.72. The van der Waals surface area contributed by atoms with Crippen molar-refractivity contribution in [2.24, 2.45) is 5.73 Å². The number of nitrogens with one attached hydrogen (secondary N) is 1. The van der Waals surface area contributed by atoms with Gasteiger partial charge in [0.1, 0.15) is 12.4 Å². The van der Waals surface area contributed by atoms with Crippen molar-refractivity contribution in [2.75, 3.05) is 17.3 Å². The Morgan fingerprint density at radius 1 is 1.19 bits per heavy atom. The van der Waals surface area contributed by atoms with Crippen LogP contribution in [0.4, 0.5) is 5.69 Å². The number of hydrogen-bond donors (Lipinski definition) is 2. The lowest BCUT2D eigenvalue weighted by Gasteiger charge is -2.15. The molecule has 0 saturated carbocycles. The Balaban J connectivity index is 1.95. The van der Waals surface area contributed by atoms with E-state index in [4.69, 9.17) is 10.5 Å². The van der Waals surface area contributed by atoms with Gasteiger partial charge in [0.15, 0.2) is 0 Å². The summed E-state index contributed by atoms with van der Waals surface area (Å²) in [6, 6.07) is 13.6. The van der Waals surface area contributed by atoms with Gasteiger partial charge in [0, 0.05) is 5.69 Å². The number of anilines is 1. The highest BCUT2D eigenvalue weighted by Gasteiger charge is 2.13. The van der Waals surface area contributed by atoms with Crippen LogP contribution in [-0.4, -0.2) is 24.0 Å². The highest BCUT2D eigenvalue weighted by atomic mass is 32.2. The fourth-order valence-electron chi connectivity index (χ4n) is 2.70. The summed E-state index contributed by atoms with van der Waals surface area (Å²) >= 11 is 1.69. The molecule has 1 atom stereocenters. The largest absolute Gasteiger partial charge is 0.489 e. The van der Waals surface area contributed by atoms with Gasteiger partial charge in [-0.15, -0.1) is 0 Å². The molecule has 0 aliphatic heterocycles. The van der Waals surface area contributed by atoms with Crippen LogP contribution in [0.3, 0.4) is 0 Å². The van der Waals surface area contributed by atoms with E-state index in [1.165, 1.54) is 11.1 Å². The zero-order valence-electron chi connectivity index (χ0n) is 16.6. The third-order valence-electron chi connectivity index (χ3n) is 4.38. The summed E-state index contributed by atoms with van der Waals surface area (Å²) in [5, 5.41) is 2.87. The van der Waals surface area contributed by atoms with Crippen molar-refractivity contribution >= 4 is 23.4 Å². The van der Waals surface area contributed by atoms with E-state index in [9.17, 15) is 4.79 Å². The molecular formula is C22H30N2O2S. The summed E-state index contributed by atoms with van der Waals surface area (Å²) in [5.41, 5.74) is 10.1. The Kier molecular flexibility index (Phi) is 8.20. The molecule has 0 spiro atoms. The van der Waals surface area contributed by atoms with E-state index < -0.39 is 6.04 Å². The minimum absolute atomic E-state index is 0.144. The van der Waals surface area contributed by atoms with Gasteiger partial charge in [0.05, 0.1) is 6.04 Å². The lowest BCUT2D eigenvalue weighted by atomic mass is 10.0. The van der Waals surface area contributed by atoms with E-state index in [-0.39, 0.29) is 5.91 Å². The number of hydrogen-bond acceptors (Lipinski definition) is 4. The van der Waals surface area contributed by atoms with Crippen molar-refractivity contribution in [2.45, 2.75) is 45.8 Å². The van der Waals surface area contributed by atoms with Crippen molar-refractivity contribution in [3.8, 4) is 5.75 Å². The minimum Gasteiger partial charge on any atom is -0.489 e. The number of ether oxygens (including phenoxy) is 1. The zero-order valence-corrected chi connectivity index (χ0v) is 17.4. The van der Waals surface area contributed by atoms with Gasteiger partial charge in [-0.3, -0.25) is 4.79 Å². The second-order valence-corrected chi connectivity index (χ2v) is 8.04. The first-order valence-electron chi connectivity index (χ1n) is 9.28. The van der Waals surface area contributed by atoms with Crippen molar-refractivity contribution in [3.63, 3.8) is 0 Å². The van der Waals surface area contributed by atoms with Gasteiger partial charge >= 0.3 is 0 Å². The highest BCUT2D eigenvalue weighted by molar-refractivity contribution is 7.98. The van der Waals surface area contributed by atoms with E-state index in [2.05, 4.69) is 44.3 Å². The molecule has 1 amide bonds. The van der Waals surface area contributed by atoms with Crippen LogP contribution in [0.5, 0.6) is 5.75 Å². The molecule has 3 N–H and O–H groups in total. The van der Waals surface area contributed by atoms with Crippen molar-refractivity contribution in [1.29, 1.82) is 0 Å². The smallest absolute Gasteiger partial charge is 0.241 e. The predicted molar refractivity (Wildman–Crippen MR) is 116 cm³/mol. The van der Waals surface area contributed by atoms with E-state index in [0.29, 0.717) is 18.9 Å². The molecule has 0 aliphatic carbocycles. The van der Waals surface area contributed by atoms with E-state index in [1.807, 2.05) is 30.5 Å². The summed E-state index contributed by atoms with van der Waals surface area (Å²) in [5.74, 6) is 2.08. The number of thioether (sulfide) groups is 1. The summed E-state index contributed by atoms with van der Waals surface area (Å²) in [6.07, 6.45) is 2.68. The molecular weight excluding hydrogens is 356 g/mol. The minimum atomic E-state index is -0.476. The van der Waals surface area contributed by atoms with Crippen LogP contribution in [0.1, 0.15) is 42.9 Å². The average Bonchev–Trinajstić information content (AvgIpc) is 2.65. The van der Waals surface area contributed by atoms with Crippen molar-refractivity contribution in [1.82, 2.24) is 0 Å². The van der Waals surface area contributed by atoms with Crippen molar-refractivity contribution in [3.05, 3.63) is 59.2 Å². The van der Waals surface area contributed by atoms with Gasteiger partial charge in [0.2, 0.25) is 5.91 Å². The van der Waals surface area contributed by atoms with Gasteiger partial charge in [-0.2, -0.15) is 11.8 Å². The lowest BCUT2D eigenvalue weighted by molar-refractivity contribution is -0.117. The number of carbonyl (C=O) groups excluding carboxylic acids is 1. The Labute approximate surface area is 166 Å². The van der Waals surface area contributed by atoms with Crippen LogP contribution in [0.2, 0.25) is 0 Å². The molecule has 0 saturated heterocycles. The quantitative estimate of drug-likeness (QED) is 0.655. The number of nitrogens with two attached hydrogens (primary N) is 1. The molecule has 2 rings (SSSR count). The standard InChI is InChI=1S/C22H30N2O2S/c1-15(2)19-10-5-16(3)13-21(19)26-14-17-6-8-18(9-7-17)24-22(25)20(23)11-12-27-4/h5-10,13,15,20H,11-12,14,23H2,1-4H3,(H,24,25)/t20-/m0/s1. The maximum atomic E-state index is 12.1. The van der Waals surface area contributed by atoms with Gasteiger partial charge in [-0.25, -0.2) is 0 Å². The Morgan fingerprint density at radius 2 is 1.89 bits per heavy atom. The van der Waals surface area contributed by atoms with Crippen LogP contribution in [0.25, 0.3) is 0 Å². The van der Waals surface area contributed by atoms with Gasteiger partial charge in [-0.1, -0.05) is 38.1 Å². The summed E-state index contributed by atoms with van der Waals surface area (Å²) in [6.45, 7) is 6.89. The molecule has 2 aromatic rings. The maximum Gasteiger partial charge on any atom is 0.241 e. The molecule has 0 radical (unpaired) electrons. The first-order chi connectivity index (χ1) is 12.9. The highest BCUT2D eigenvalue weighted by Crippen LogP contribution is 2.28. The van der Waals surface area contributed by atoms with E-state index in [0.717, 1.165) is 22.8 Å². The molecule has 0 heterocycles. The number of aryl methyl sites for hydroxylation is 1. The fraction of sp³-hybridized carbons (Fsp3) is 0.409. The number of rotatable bonds is 9. The molecule has 0 bridgehead atoms. The fourth-order valence-corrected chi connectivity index (χ4v) is 3.19. The summed E-state index contributed by atoms with van der Waals surface area (Å²) < 4.78 is 6.06. The van der Waals surface area contributed by atoms with Crippen LogP contribution in [-0.2, 0) is 11.4 Å². The third-order valence-corrected chi connectivity index (χ3v) is 5.02. The SMILES string of the molecule is CSCC[C@H](N)C(=O)Nc1ccc(COc2cc(C)ccc2C(C)C)cc1. The molecule has 5 heteroatoms. The molecule has 146 valence electrons. The van der Waals surface area contributed by atoms with Crippen LogP contribution < -0.4 is 15.8 Å². The molecule has 0 aliphatic rings. The Hall–Kier alpha value is -1.98. The molecule has 2 aromatic carbocycles. The molecule has 27 heavy (non-hydrogen) atoms. The van der Waals surface area contributed by atoms with E-state index >= 15 is 0 Å². The molecule has 0 fully saturated rings. The number of benzene rings is 2. The lowest BCUT2D eigenvalue weighted by Crippen LogP contribution is -2.36. The summed E-state index contributed by atoms with van der Waals surface area (Å²) in [7, 11) is 0. The summed E-state index contributed by atoms with van der Waals surface area (Å²) in [4.78, 5) is 12.1. The Bertz CT molecular complexity index is 744. The second-order valence-electron chi connectivity index (χ2n) is 7.06. The number of carbonyl (C=O) groups is 1. The van der Waals surface area contributed by atoms with Crippen LogP contribution in [0.15, 0.2) is 42.5 Å². The van der Waals surface area contributed by atoms with E-state index in [1.54, 1.807) is 11.8 Å². The molecule has 4 nitrogen and oxygen atoms in total. The maximum absolute atomic E-state index is 12.1. The first kappa shape index (κ1) is 21.3. The zero-order chi connectivity index (χ0) is 19.8. The second kappa shape index (κ2) is 10.4. The van der Waals surface area contributed by atoms with Crippen LogP contribution >= 0.6 is 11.8 Å². The average molecular weight is 387 g/mol. The van der Waals surface area contributed by atoms with Crippen molar-refractivity contribution < 1.29 is 9.53 Å². The normalized spacial score (nSPS) is 12.1. The molecule has 0 aromatic heterocycles. The van der Waals surface area contributed by atoms with Gasteiger partial charge in [0.25, 0.3) is 0 Å².